The van der Waals surface area contributed by atoms with Gasteiger partial charge in [-0.3, -0.25) is 9.59 Å². The van der Waals surface area contributed by atoms with Gasteiger partial charge in [0.1, 0.15) is 17.0 Å². The highest BCUT2D eigenvalue weighted by molar-refractivity contribution is 5.99. The highest BCUT2D eigenvalue weighted by Gasteiger charge is 2.17. The number of amides is 1. The number of H-pyrrole nitrogens is 1. The summed E-state index contributed by atoms with van der Waals surface area (Å²) in [5.41, 5.74) is 1.63. The molecule has 0 radical (unpaired) electrons. The van der Waals surface area contributed by atoms with Gasteiger partial charge in [0, 0.05) is 17.1 Å². The predicted molar refractivity (Wildman–Crippen MR) is 82.9 cm³/mol. The molecule has 0 aliphatic carbocycles. The summed E-state index contributed by atoms with van der Waals surface area (Å²) < 4.78 is 5.73. The summed E-state index contributed by atoms with van der Waals surface area (Å²) in [4.78, 5) is 26.2. The Bertz CT molecular complexity index is 811. The number of ketones is 1. The monoisotopic (exact) mass is 296 g/mol. The first-order valence-corrected chi connectivity index (χ1v) is 7.03. The van der Waals surface area contributed by atoms with Crippen LogP contribution in [0, 0.1) is 0 Å². The Morgan fingerprint density at radius 1 is 1.23 bits per heavy atom. The fraction of sp³-hybridized carbons (Fsp3) is 0.176. The van der Waals surface area contributed by atoms with E-state index in [1.165, 1.54) is 13.1 Å². The van der Waals surface area contributed by atoms with Gasteiger partial charge in [0.2, 0.25) is 0 Å². The number of furan rings is 1. The van der Waals surface area contributed by atoms with Crippen molar-refractivity contribution in [1.29, 1.82) is 0 Å². The van der Waals surface area contributed by atoms with E-state index in [1.807, 2.05) is 37.3 Å². The molecule has 112 valence electrons. The van der Waals surface area contributed by atoms with E-state index in [0.717, 1.165) is 11.0 Å². The lowest BCUT2D eigenvalue weighted by molar-refractivity contribution is 0.0931. The molecule has 2 heterocycles. The van der Waals surface area contributed by atoms with Crippen molar-refractivity contribution in [2.45, 2.75) is 19.9 Å². The number of aromatic amines is 1. The van der Waals surface area contributed by atoms with Gasteiger partial charge in [0.05, 0.1) is 6.04 Å². The summed E-state index contributed by atoms with van der Waals surface area (Å²) in [6, 6.07) is 10.9. The van der Waals surface area contributed by atoms with Crippen molar-refractivity contribution in [1.82, 2.24) is 10.3 Å². The average Bonchev–Trinajstić information content (AvgIpc) is 3.14. The lowest BCUT2D eigenvalue weighted by atomic mass is 10.2. The Kier molecular flexibility index (Phi) is 3.55. The fourth-order valence-electron chi connectivity index (χ4n) is 2.29. The van der Waals surface area contributed by atoms with E-state index in [4.69, 9.17) is 4.42 Å². The van der Waals surface area contributed by atoms with E-state index in [-0.39, 0.29) is 17.7 Å². The Morgan fingerprint density at radius 2 is 2.00 bits per heavy atom. The molecule has 0 saturated carbocycles. The topological polar surface area (TPSA) is 75.1 Å². The van der Waals surface area contributed by atoms with Crippen LogP contribution in [0.15, 0.2) is 47.0 Å². The lowest BCUT2D eigenvalue weighted by Gasteiger charge is -2.10. The number of aromatic nitrogens is 1. The SMILES string of the molecule is CC(=O)c1c[nH]c(C(=O)N[C@@H](C)c2cc3ccccc3o2)c1. The molecule has 0 aliphatic heterocycles. The molecule has 1 aromatic carbocycles. The molecule has 3 rings (SSSR count). The molecule has 22 heavy (non-hydrogen) atoms. The van der Waals surface area contributed by atoms with E-state index in [1.54, 1.807) is 6.07 Å². The normalized spacial score (nSPS) is 12.3. The van der Waals surface area contributed by atoms with Crippen molar-refractivity contribution in [2.75, 3.05) is 0 Å². The summed E-state index contributed by atoms with van der Waals surface area (Å²) in [5, 5.41) is 3.85. The zero-order valence-electron chi connectivity index (χ0n) is 12.3. The van der Waals surface area contributed by atoms with Crippen molar-refractivity contribution in [3.63, 3.8) is 0 Å². The Hall–Kier alpha value is -2.82. The molecule has 0 fully saturated rings. The standard InChI is InChI=1S/C17H16N2O3/c1-10(16-8-12-5-3-4-6-15(12)22-16)19-17(21)14-7-13(9-18-14)11(2)20/h3-10,18H,1-2H3,(H,19,21)/t10-/m0/s1. The number of rotatable bonds is 4. The summed E-state index contributed by atoms with van der Waals surface area (Å²) >= 11 is 0. The van der Waals surface area contributed by atoms with E-state index in [2.05, 4.69) is 10.3 Å². The minimum absolute atomic E-state index is 0.0827. The van der Waals surface area contributed by atoms with Gasteiger partial charge in [-0.25, -0.2) is 0 Å². The van der Waals surface area contributed by atoms with Crippen molar-refractivity contribution < 1.29 is 14.0 Å². The van der Waals surface area contributed by atoms with Gasteiger partial charge in [-0.05, 0) is 32.0 Å². The maximum absolute atomic E-state index is 12.2. The summed E-state index contributed by atoms with van der Waals surface area (Å²) in [6.07, 6.45) is 1.53. The molecular weight excluding hydrogens is 280 g/mol. The zero-order valence-corrected chi connectivity index (χ0v) is 12.3. The van der Waals surface area contributed by atoms with Crippen LogP contribution in [0.3, 0.4) is 0 Å². The minimum atomic E-state index is -0.277. The number of para-hydroxylation sites is 1. The second kappa shape index (κ2) is 5.52. The Balaban J connectivity index is 1.76. The predicted octanol–water partition coefficient (Wildman–Crippen LogP) is 3.45. The maximum Gasteiger partial charge on any atom is 0.268 e. The van der Waals surface area contributed by atoms with Crippen molar-refractivity contribution in [3.8, 4) is 0 Å². The van der Waals surface area contributed by atoms with Crippen LogP contribution in [0.1, 0.15) is 46.5 Å². The van der Waals surface area contributed by atoms with Crippen molar-refractivity contribution >= 4 is 22.7 Å². The number of benzene rings is 1. The molecule has 0 bridgehead atoms. The van der Waals surface area contributed by atoms with Crippen LogP contribution in [0.25, 0.3) is 11.0 Å². The zero-order chi connectivity index (χ0) is 15.7. The third-order valence-electron chi connectivity index (χ3n) is 3.55. The van der Waals surface area contributed by atoms with Gasteiger partial charge in [0.15, 0.2) is 5.78 Å². The molecule has 1 amide bonds. The molecule has 0 saturated heterocycles. The number of nitrogens with one attached hydrogen (secondary N) is 2. The summed E-state index contributed by atoms with van der Waals surface area (Å²) in [5.74, 6) is 0.328. The molecule has 2 N–H and O–H groups in total. The van der Waals surface area contributed by atoms with E-state index < -0.39 is 0 Å². The maximum atomic E-state index is 12.2. The van der Waals surface area contributed by atoms with Crippen LogP contribution in [0.5, 0.6) is 0 Å². The van der Waals surface area contributed by atoms with E-state index in [9.17, 15) is 9.59 Å². The van der Waals surface area contributed by atoms with Gasteiger partial charge < -0.3 is 14.7 Å². The highest BCUT2D eigenvalue weighted by Crippen LogP contribution is 2.23. The smallest absolute Gasteiger partial charge is 0.268 e. The van der Waals surface area contributed by atoms with Crippen LogP contribution in [-0.4, -0.2) is 16.7 Å². The van der Waals surface area contributed by atoms with Gasteiger partial charge in [0.25, 0.3) is 5.91 Å². The van der Waals surface area contributed by atoms with Crippen LogP contribution in [0.4, 0.5) is 0 Å². The summed E-state index contributed by atoms with van der Waals surface area (Å²) in [7, 11) is 0. The van der Waals surface area contributed by atoms with Gasteiger partial charge in [-0.1, -0.05) is 18.2 Å². The molecule has 2 aromatic heterocycles. The van der Waals surface area contributed by atoms with Crippen LogP contribution >= 0.6 is 0 Å². The molecule has 0 unspecified atom stereocenters. The second-order valence-corrected chi connectivity index (χ2v) is 5.24. The molecular formula is C17H16N2O3. The largest absolute Gasteiger partial charge is 0.459 e. The molecule has 5 nitrogen and oxygen atoms in total. The third-order valence-corrected chi connectivity index (χ3v) is 3.55. The van der Waals surface area contributed by atoms with Crippen LogP contribution in [-0.2, 0) is 0 Å². The van der Waals surface area contributed by atoms with Crippen LogP contribution in [0.2, 0.25) is 0 Å². The first-order chi connectivity index (χ1) is 10.5. The number of carbonyl (C=O) groups is 2. The highest BCUT2D eigenvalue weighted by atomic mass is 16.3. The van der Waals surface area contributed by atoms with Crippen molar-refractivity contribution in [2.24, 2.45) is 0 Å². The quantitative estimate of drug-likeness (QED) is 0.724. The molecule has 1 atom stereocenters. The van der Waals surface area contributed by atoms with Gasteiger partial charge >= 0.3 is 0 Å². The Labute approximate surface area is 127 Å². The molecule has 0 aliphatic rings. The molecule has 5 heteroatoms. The van der Waals surface area contributed by atoms with Gasteiger partial charge in [-0.15, -0.1) is 0 Å². The molecule has 0 spiro atoms. The fourth-order valence-corrected chi connectivity index (χ4v) is 2.29. The second-order valence-electron chi connectivity index (χ2n) is 5.24. The van der Waals surface area contributed by atoms with Crippen molar-refractivity contribution in [3.05, 3.63) is 59.6 Å². The van der Waals surface area contributed by atoms with E-state index in [0.29, 0.717) is 17.0 Å². The van der Waals surface area contributed by atoms with Crippen LogP contribution < -0.4 is 5.32 Å². The third kappa shape index (κ3) is 2.65. The summed E-state index contributed by atoms with van der Waals surface area (Å²) in [6.45, 7) is 3.31. The number of hydrogen-bond acceptors (Lipinski definition) is 3. The lowest BCUT2D eigenvalue weighted by Crippen LogP contribution is -2.26. The average molecular weight is 296 g/mol. The minimum Gasteiger partial charge on any atom is -0.459 e. The van der Waals surface area contributed by atoms with Gasteiger partial charge in [-0.2, -0.15) is 0 Å². The first-order valence-electron chi connectivity index (χ1n) is 7.03. The number of carbonyl (C=O) groups excluding carboxylic acids is 2. The molecule has 3 aromatic rings. The van der Waals surface area contributed by atoms with E-state index >= 15 is 0 Å². The Morgan fingerprint density at radius 3 is 2.68 bits per heavy atom. The number of Topliss-reactive ketones (excluding diaryl/α,β-unsaturated/α-hetero) is 1. The number of hydrogen-bond donors (Lipinski definition) is 2. The first kappa shape index (κ1) is 14.1. The number of fused-ring (bicyclic) bond motifs is 1.